The van der Waals surface area contributed by atoms with Gasteiger partial charge in [0.15, 0.2) is 0 Å². The predicted molar refractivity (Wildman–Crippen MR) is 67.6 cm³/mol. The minimum atomic E-state index is 0.334. The van der Waals surface area contributed by atoms with Gasteiger partial charge in [-0.05, 0) is 18.6 Å². The number of para-hydroxylation sites is 1. The maximum absolute atomic E-state index is 8.96. The molecular formula is C15H17NO. The lowest BCUT2D eigenvalue weighted by molar-refractivity contribution is 0.416. The van der Waals surface area contributed by atoms with E-state index >= 15 is 0 Å². The van der Waals surface area contributed by atoms with Crippen molar-refractivity contribution in [2.24, 2.45) is 0 Å². The zero-order valence-corrected chi connectivity index (χ0v) is 10.1. The Morgan fingerprint density at radius 3 is 2.88 bits per heavy atom. The van der Waals surface area contributed by atoms with E-state index < -0.39 is 0 Å². The molecule has 2 rings (SSSR count). The van der Waals surface area contributed by atoms with Crippen molar-refractivity contribution < 1.29 is 4.74 Å². The van der Waals surface area contributed by atoms with Gasteiger partial charge in [-0.15, -0.1) is 0 Å². The lowest BCUT2D eigenvalue weighted by atomic mass is 9.90. The first-order chi connectivity index (χ1) is 8.35. The molecule has 88 valence electrons. The molecule has 0 amide bonds. The maximum atomic E-state index is 8.96. The van der Waals surface area contributed by atoms with Gasteiger partial charge in [0.25, 0.3) is 0 Å². The van der Waals surface area contributed by atoms with Crippen molar-refractivity contribution in [1.82, 2.24) is 0 Å². The van der Waals surface area contributed by atoms with Crippen LogP contribution in [0.2, 0.25) is 0 Å². The van der Waals surface area contributed by atoms with Crippen LogP contribution in [0.4, 0.5) is 0 Å². The number of ether oxygens (including phenoxy) is 1. The van der Waals surface area contributed by atoms with Gasteiger partial charge in [0.05, 0.1) is 0 Å². The normalized spacial score (nSPS) is 17.6. The summed E-state index contributed by atoms with van der Waals surface area (Å²) in [5.74, 6) is 1.61. The number of benzene rings is 1. The Morgan fingerprint density at radius 2 is 2.12 bits per heavy atom. The van der Waals surface area contributed by atoms with E-state index in [2.05, 4.69) is 19.1 Å². The molecule has 1 aliphatic rings. The largest absolute Gasteiger partial charge is 0.446 e. The Bertz CT molecular complexity index is 456. The van der Waals surface area contributed by atoms with Gasteiger partial charge in [-0.3, -0.25) is 0 Å². The molecule has 1 atom stereocenters. The van der Waals surface area contributed by atoms with E-state index in [0.29, 0.717) is 11.7 Å². The first-order valence-electron chi connectivity index (χ1n) is 6.24. The second-order valence-corrected chi connectivity index (χ2v) is 4.38. The fraction of sp³-hybridized carbons (Fsp3) is 0.400. The first-order valence-corrected chi connectivity index (χ1v) is 6.24. The van der Waals surface area contributed by atoms with Crippen LogP contribution in [0.3, 0.4) is 0 Å². The smallest absolute Gasteiger partial charge is 0.200 e. The molecule has 0 bridgehead atoms. The van der Waals surface area contributed by atoms with Gasteiger partial charge >= 0.3 is 0 Å². The van der Waals surface area contributed by atoms with Crippen molar-refractivity contribution >= 4 is 0 Å². The van der Waals surface area contributed by atoms with Crippen molar-refractivity contribution in [1.29, 1.82) is 5.26 Å². The molecule has 0 aliphatic carbocycles. The van der Waals surface area contributed by atoms with Crippen molar-refractivity contribution in [3.05, 3.63) is 41.7 Å². The first kappa shape index (κ1) is 11.7. The summed E-state index contributed by atoms with van der Waals surface area (Å²) >= 11 is 0. The molecule has 0 N–H and O–H groups in total. The molecule has 1 aromatic rings. The molecule has 2 heteroatoms. The molecule has 0 saturated heterocycles. The molecule has 0 saturated carbocycles. The summed E-state index contributed by atoms with van der Waals surface area (Å²) in [4.78, 5) is 0. The highest BCUT2D eigenvalue weighted by molar-refractivity contribution is 5.44. The van der Waals surface area contributed by atoms with Crippen molar-refractivity contribution in [2.45, 2.75) is 38.5 Å². The highest BCUT2D eigenvalue weighted by atomic mass is 16.5. The van der Waals surface area contributed by atoms with Gasteiger partial charge in [0.1, 0.15) is 11.8 Å². The highest BCUT2D eigenvalue weighted by Crippen LogP contribution is 2.36. The minimum Gasteiger partial charge on any atom is -0.446 e. The quantitative estimate of drug-likeness (QED) is 0.724. The molecule has 1 unspecified atom stereocenters. The van der Waals surface area contributed by atoms with E-state index in [1.165, 1.54) is 24.8 Å². The number of allylic oxidation sites excluding steroid dienone is 2. The summed E-state index contributed by atoms with van der Waals surface area (Å²) in [7, 11) is 0. The second-order valence-electron chi connectivity index (χ2n) is 4.38. The number of nitrogens with zero attached hydrogens (tertiary/aromatic N) is 1. The van der Waals surface area contributed by atoms with Crippen molar-refractivity contribution in [2.75, 3.05) is 0 Å². The lowest BCUT2D eigenvalue weighted by Crippen LogP contribution is -2.08. The lowest BCUT2D eigenvalue weighted by Gasteiger charge is -2.22. The van der Waals surface area contributed by atoms with E-state index in [1.807, 2.05) is 24.3 Å². The fourth-order valence-electron chi connectivity index (χ4n) is 2.22. The molecule has 1 aromatic carbocycles. The zero-order chi connectivity index (χ0) is 12.1. The molecular weight excluding hydrogens is 210 g/mol. The molecule has 0 aromatic heterocycles. The Balaban J connectivity index is 2.19. The number of hydrogen-bond acceptors (Lipinski definition) is 2. The van der Waals surface area contributed by atoms with Crippen LogP contribution in [-0.4, -0.2) is 0 Å². The van der Waals surface area contributed by atoms with Crippen LogP contribution >= 0.6 is 0 Å². The molecule has 0 spiro atoms. The van der Waals surface area contributed by atoms with Gasteiger partial charge in [0.2, 0.25) is 5.76 Å². The third-order valence-electron chi connectivity index (χ3n) is 3.12. The standard InChI is InChI=1S/C15H17NO/c1-2-3-4-7-12-10-13(11-16)17-15-9-6-5-8-14(12)15/h5-6,8-10,12H,2-4,7H2,1H3. The zero-order valence-electron chi connectivity index (χ0n) is 10.1. The summed E-state index contributed by atoms with van der Waals surface area (Å²) in [5, 5.41) is 8.96. The summed E-state index contributed by atoms with van der Waals surface area (Å²) in [6.45, 7) is 2.20. The molecule has 1 aliphatic heterocycles. The van der Waals surface area contributed by atoms with Crippen LogP contribution in [0.25, 0.3) is 0 Å². The van der Waals surface area contributed by atoms with Gasteiger partial charge in [-0.2, -0.15) is 5.26 Å². The van der Waals surface area contributed by atoms with Gasteiger partial charge in [-0.25, -0.2) is 0 Å². The average molecular weight is 227 g/mol. The number of rotatable bonds is 4. The minimum absolute atomic E-state index is 0.334. The average Bonchev–Trinajstić information content (AvgIpc) is 2.38. The Hall–Kier alpha value is -1.75. The molecule has 0 radical (unpaired) electrons. The van der Waals surface area contributed by atoms with Crippen LogP contribution in [0.1, 0.15) is 44.1 Å². The summed E-state index contributed by atoms with van der Waals surface area (Å²) < 4.78 is 5.52. The Labute approximate surface area is 103 Å². The summed E-state index contributed by atoms with van der Waals surface area (Å²) in [5.41, 5.74) is 1.21. The van der Waals surface area contributed by atoms with E-state index in [-0.39, 0.29) is 0 Å². The van der Waals surface area contributed by atoms with Crippen molar-refractivity contribution in [3.8, 4) is 11.8 Å². The molecule has 17 heavy (non-hydrogen) atoms. The topological polar surface area (TPSA) is 33.0 Å². The van der Waals surface area contributed by atoms with Gasteiger partial charge in [-0.1, -0.05) is 44.4 Å². The van der Waals surface area contributed by atoms with Crippen LogP contribution in [0.5, 0.6) is 5.75 Å². The Morgan fingerprint density at radius 1 is 1.29 bits per heavy atom. The van der Waals surface area contributed by atoms with E-state index in [0.717, 1.165) is 12.2 Å². The van der Waals surface area contributed by atoms with Crippen LogP contribution in [-0.2, 0) is 0 Å². The summed E-state index contributed by atoms with van der Waals surface area (Å²) in [6, 6.07) is 10.1. The highest BCUT2D eigenvalue weighted by Gasteiger charge is 2.20. The molecule has 1 heterocycles. The SMILES string of the molecule is CCCCCC1C=C(C#N)Oc2ccccc21. The van der Waals surface area contributed by atoms with Crippen molar-refractivity contribution in [3.63, 3.8) is 0 Å². The third-order valence-corrected chi connectivity index (χ3v) is 3.12. The second kappa shape index (κ2) is 5.54. The monoisotopic (exact) mass is 227 g/mol. The van der Waals surface area contributed by atoms with Crippen LogP contribution < -0.4 is 4.74 Å². The molecule has 0 fully saturated rings. The maximum Gasteiger partial charge on any atom is 0.200 e. The number of nitriles is 1. The number of fused-ring (bicyclic) bond motifs is 1. The van der Waals surface area contributed by atoms with E-state index in [9.17, 15) is 0 Å². The third kappa shape index (κ3) is 2.68. The van der Waals surface area contributed by atoms with E-state index in [4.69, 9.17) is 10.00 Å². The number of unbranched alkanes of at least 4 members (excludes halogenated alkanes) is 2. The number of hydrogen-bond donors (Lipinski definition) is 0. The van der Waals surface area contributed by atoms with Crippen LogP contribution in [0.15, 0.2) is 36.1 Å². The van der Waals surface area contributed by atoms with Gasteiger partial charge in [0, 0.05) is 11.5 Å². The summed E-state index contributed by atoms with van der Waals surface area (Å²) in [6.07, 6.45) is 6.72. The van der Waals surface area contributed by atoms with E-state index in [1.54, 1.807) is 0 Å². The van der Waals surface area contributed by atoms with Crippen LogP contribution in [0, 0.1) is 11.3 Å². The van der Waals surface area contributed by atoms with Gasteiger partial charge < -0.3 is 4.74 Å². The molecule has 2 nitrogen and oxygen atoms in total. The predicted octanol–water partition coefficient (Wildman–Crippen LogP) is 4.15. The fourth-order valence-corrected chi connectivity index (χ4v) is 2.22. The Kier molecular flexibility index (Phi) is 3.82.